The highest BCUT2D eigenvalue weighted by atomic mass is 16.3. The average Bonchev–Trinajstić information content (AvgIpc) is 3.10. The molecular formula is C32H39N5O3. The minimum atomic E-state index is -0.684. The van der Waals surface area contributed by atoms with Gasteiger partial charge in [0.15, 0.2) is 0 Å². The predicted octanol–water partition coefficient (Wildman–Crippen LogP) is 3.20. The number of aliphatic hydroxyl groups excluding tert-OH is 1. The second kappa shape index (κ2) is 10.9. The number of carbonyl (C=O) groups is 2. The molecule has 3 heterocycles. The molecule has 210 valence electrons. The molecule has 0 unspecified atom stereocenters. The number of anilines is 1. The van der Waals surface area contributed by atoms with Crippen LogP contribution < -0.4 is 10.2 Å². The monoisotopic (exact) mass is 541 g/mol. The van der Waals surface area contributed by atoms with Gasteiger partial charge in [-0.15, -0.1) is 0 Å². The van der Waals surface area contributed by atoms with Gasteiger partial charge in [-0.25, -0.2) is 0 Å². The van der Waals surface area contributed by atoms with E-state index < -0.39 is 6.10 Å². The van der Waals surface area contributed by atoms with Gasteiger partial charge in [-0.05, 0) is 73.8 Å². The summed E-state index contributed by atoms with van der Waals surface area (Å²) >= 11 is 0. The molecule has 0 aromatic heterocycles. The highest BCUT2D eigenvalue weighted by molar-refractivity contribution is 6.03. The number of piperidine rings is 1. The van der Waals surface area contributed by atoms with Crippen molar-refractivity contribution >= 4 is 17.5 Å². The van der Waals surface area contributed by atoms with Crippen molar-refractivity contribution in [2.45, 2.75) is 57.7 Å². The van der Waals surface area contributed by atoms with E-state index in [0.717, 1.165) is 57.4 Å². The van der Waals surface area contributed by atoms with Crippen molar-refractivity contribution in [3.05, 3.63) is 64.7 Å². The van der Waals surface area contributed by atoms with E-state index in [2.05, 4.69) is 35.3 Å². The SMILES string of the molecule is CCN1CCN(C[C@@H](O)[C@@H]2Cc3ccccc3CN2)C(=O)c2ccc(C(=O)N3CCC4(CC3)CC(C#N)C4)cc21. The quantitative estimate of drug-likeness (QED) is 0.603. The maximum Gasteiger partial charge on any atom is 0.256 e. The second-order valence-corrected chi connectivity index (χ2v) is 12.1. The Kier molecular flexibility index (Phi) is 7.28. The summed E-state index contributed by atoms with van der Waals surface area (Å²) in [7, 11) is 0. The number of nitrogens with zero attached hydrogens (tertiary/aromatic N) is 4. The van der Waals surface area contributed by atoms with Gasteiger partial charge in [-0.2, -0.15) is 5.26 Å². The minimum Gasteiger partial charge on any atom is -0.390 e. The fourth-order valence-electron chi connectivity index (χ4n) is 7.20. The van der Waals surface area contributed by atoms with E-state index in [-0.39, 0.29) is 35.7 Å². The zero-order valence-corrected chi connectivity index (χ0v) is 23.3. The van der Waals surface area contributed by atoms with Crippen LogP contribution in [0.25, 0.3) is 0 Å². The van der Waals surface area contributed by atoms with E-state index in [0.29, 0.717) is 30.8 Å². The number of hydrogen-bond donors (Lipinski definition) is 2. The van der Waals surface area contributed by atoms with Crippen LogP contribution in [0.3, 0.4) is 0 Å². The molecule has 1 spiro atoms. The molecule has 8 heteroatoms. The summed E-state index contributed by atoms with van der Waals surface area (Å²) in [5.74, 6) is 0.0929. The lowest BCUT2D eigenvalue weighted by atomic mass is 9.58. The maximum absolute atomic E-state index is 13.7. The largest absolute Gasteiger partial charge is 0.390 e. The molecule has 1 saturated carbocycles. The van der Waals surface area contributed by atoms with E-state index >= 15 is 0 Å². The maximum atomic E-state index is 13.7. The van der Waals surface area contributed by atoms with E-state index in [4.69, 9.17) is 5.26 Å². The molecule has 1 saturated heterocycles. The van der Waals surface area contributed by atoms with Crippen LogP contribution in [-0.2, 0) is 13.0 Å². The van der Waals surface area contributed by atoms with Gasteiger partial charge >= 0.3 is 0 Å². The van der Waals surface area contributed by atoms with Crippen molar-refractivity contribution in [1.82, 2.24) is 15.1 Å². The zero-order chi connectivity index (χ0) is 27.9. The van der Waals surface area contributed by atoms with E-state index in [1.165, 1.54) is 11.1 Å². The van der Waals surface area contributed by atoms with Crippen LogP contribution in [0, 0.1) is 22.7 Å². The van der Waals surface area contributed by atoms with E-state index in [1.807, 2.05) is 23.1 Å². The van der Waals surface area contributed by atoms with Gasteiger partial charge in [0.25, 0.3) is 11.8 Å². The molecule has 2 N–H and O–H groups in total. The molecule has 0 radical (unpaired) electrons. The number of aliphatic hydroxyl groups is 1. The standard InChI is InChI=1S/C32H39N5O3/c1-2-35-13-14-37(21-29(38)27-15-23-5-3-4-6-25(23)20-34-27)31(40)26-8-7-24(16-28(26)35)30(39)36-11-9-32(10-12-36)17-22(18-32)19-33/h3-8,16,22,27,29,34,38H,2,9-15,17-18,20-21H2,1H3/t27-,29+/m0/s1. The molecule has 4 aliphatic rings. The third-order valence-corrected chi connectivity index (χ3v) is 9.76. The second-order valence-electron chi connectivity index (χ2n) is 12.1. The number of benzene rings is 2. The van der Waals surface area contributed by atoms with Crippen LogP contribution in [0.15, 0.2) is 42.5 Å². The Bertz CT molecular complexity index is 1320. The Balaban J connectivity index is 1.14. The highest BCUT2D eigenvalue weighted by Gasteiger charge is 2.46. The number of nitrogens with one attached hydrogen (secondary N) is 1. The van der Waals surface area contributed by atoms with Crippen LogP contribution in [0.1, 0.15) is 64.4 Å². The summed E-state index contributed by atoms with van der Waals surface area (Å²) in [6.07, 6.45) is 3.90. The molecule has 6 rings (SSSR count). The number of fused-ring (bicyclic) bond motifs is 2. The normalized spacial score (nSPS) is 23.1. The number of β-amino-alcohol motifs (C(OH)–C–C–N with tert-alkyl or cyclic N) is 1. The molecule has 0 bridgehead atoms. The van der Waals surface area contributed by atoms with Gasteiger partial charge in [0.2, 0.25) is 0 Å². The molecule has 2 aromatic carbocycles. The Morgan fingerprint density at radius 3 is 2.55 bits per heavy atom. The van der Waals surface area contributed by atoms with Gasteiger partial charge in [0.05, 0.1) is 23.4 Å². The highest BCUT2D eigenvalue weighted by Crippen LogP contribution is 2.52. The summed E-state index contributed by atoms with van der Waals surface area (Å²) in [6.45, 7) is 6.36. The van der Waals surface area contributed by atoms with Crippen molar-refractivity contribution in [2.24, 2.45) is 11.3 Å². The number of nitriles is 1. The molecule has 2 amide bonds. The average molecular weight is 542 g/mol. The Labute approximate surface area is 236 Å². The number of amides is 2. The van der Waals surface area contributed by atoms with E-state index in [1.54, 1.807) is 17.0 Å². The van der Waals surface area contributed by atoms with Crippen molar-refractivity contribution in [2.75, 3.05) is 44.2 Å². The van der Waals surface area contributed by atoms with Gasteiger partial charge in [-0.1, -0.05) is 24.3 Å². The third kappa shape index (κ3) is 4.97. The molecular weight excluding hydrogens is 502 g/mol. The first-order chi connectivity index (χ1) is 19.4. The molecule has 2 fully saturated rings. The van der Waals surface area contributed by atoms with Crippen molar-refractivity contribution in [1.29, 1.82) is 5.26 Å². The number of likely N-dealkylation sites (N-methyl/N-ethyl adjacent to an activating group) is 1. The lowest BCUT2D eigenvalue weighted by molar-refractivity contribution is 0.00874. The van der Waals surface area contributed by atoms with E-state index in [9.17, 15) is 14.7 Å². The van der Waals surface area contributed by atoms with Gasteiger partial charge in [-0.3, -0.25) is 9.59 Å². The van der Waals surface area contributed by atoms with Crippen LogP contribution in [0.5, 0.6) is 0 Å². The van der Waals surface area contributed by atoms with Crippen LogP contribution in [0.2, 0.25) is 0 Å². The summed E-state index contributed by atoms with van der Waals surface area (Å²) < 4.78 is 0. The molecule has 3 aliphatic heterocycles. The first kappa shape index (κ1) is 26.8. The topological polar surface area (TPSA) is 99.9 Å². The van der Waals surface area contributed by atoms with Gasteiger partial charge < -0.3 is 25.1 Å². The number of hydrogen-bond acceptors (Lipinski definition) is 6. The zero-order valence-electron chi connectivity index (χ0n) is 23.3. The third-order valence-electron chi connectivity index (χ3n) is 9.76. The Morgan fingerprint density at radius 1 is 1.10 bits per heavy atom. The fourth-order valence-corrected chi connectivity index (χ4v) is 7.20. The fraction of sp³-hybridized carbons (Fsp3) is 0.531. The summed E-state index contributed by atoms with van der Waals surface area (Å²) in [5, 5.41) is 23.7. The molecule has 8 nitrogen and oxygen atoms in total. The number of likely N-dealkylation sites (tertiary alicyclic amines) is 1. The lowest BCUT2D eigenvalue weighted by Gasteiger charge is -2.50. The van der Waals surface area contributed by atoms with Gasteiger partial charge in [0, 0.05) is 63.3 Å². The molecule has 2 atom stereocenters. The predicted molar refractivity (Wildman–Crippen MR) is 153 cm³/mol. The Morgan fingerprint density at radius 2 is 1.82 bits per heavy atom. The van der Waals surface area contributed by atoms with Crippen LogP contribution in [-0.4, -0.2) is 78.1 Å². The van der Waals surface area contributed by atoms with Crippen molar-refractivity contribution in [3.63, 3.8) is 0 Å². The Hall–Kier alpha value is -3.41. The first-order valence-corrected chi connectivity index (χ1v) is 14.7. The van der Waals surface area contributed by atoms with Crippen LogP contribution >= 0.6 is 0 Å². The van der Waals surface area contributed by atoms with Crippen molar-refractivity contribution in [3.8, 4) is 6.07 Å². The lowest BCUT2D eigenvalue weighted by Crippen LogP contribution is -2.50. The molecule has 40 heavy (non-hydrogen) atoms. The number of carbonyl (C=O) groups excluding carboxylic acids is 2. The summed E-state index contributed by atoms with van der Waals surface area (Å²) in [4.78, 5) is 33.0. The minimum absolute atomic E-state index is 0.0116. The number of rotatable bonds is 5. The van der Waals surface area contributed by atoms with Crippen LogP contribution in [0.4, 0.5) is 5.69 Å². The van der Waals surface area contributed by atoms with Gasteiger partial charge in [0.1, 0.15) is 0 Å². The smallest absolute Gasteiger partial charge is 0.256 e. The molecule has 1 aliphatic carbocycles. The first-order valence-electron chi connectivity index (χ1n) is 14.7. The summed E-state index contributed by atoms with van der Waals surface area (Å²) in [6, 6.07) is 16.0. The summed E-state index contributed by atoms with van der Waals surface area (Å²) in [5.41, 5.74) is 4.75. The van der Waals surface area contributed by atoms with Crippen molar-refractivity contribution < 1.29 is 14.7 Å². The molecule has 2 aromatic rings.